The van der Waals surface area contributed by atoms with Crippen LogP contribution in [0, 0.1) is 6.92 Å². The third-order valence-electron chi connectivity index (χ3n) is 6.11. The molecule has 0 spiro atoms. The van der Waals surface area contributed by atoms with Gasteiger partial charge in [-0.3, -0.25) is 9.59 Å². The van der Waals surface area contributed by atoms with Crippen LogP contribution in [0.25, 0.3) is 5.57 Å². The Morgan fingerprint density at radius 2 is 1.71 bits per heavy atom. The summed E-state index contributed by atoms with van der Waals surface area (Å²) in [6.07, 6.45) is 5.71. The van der Waals surface area contributed by atoms with Crippen LogP contribution in [0.4, 0.5) is 0 Å². The lowest BCUT2D eigenvalue weighted by Crippen LogP contribution is -2.50. The van der Waals surface area contributed by atoms with E-state index in [0.717, 1.165) is 36.0 Å². The Morgan fingerprint density at radius 1 is 1.06 bits per heavy atom. The number of carbonyl (C=O) groups excluding carboxylic acids is 2. The molecule has 1 aliphatic rings. The molecule has 0 aliphatic carbocycles. The van der Waals surface area contributed by atoms with Crippen LogP contribution in [0.3, 0.4) is 0 Å². The van der Waals surface area contributed by atoms with E-state index in [2.05, 4.69) is 12.2 Å². The normalized spacial score (nSPS) is 18.2. The van der Waals surface area contributed by atoms with E-state index in [1.54, 1.807) is 0 Å². The molecule has 2 aromatic rings. The van der Waals surface area contributed by atoms with Crippen LogP contribution in [0.1, 0.15) is 62.6 Å². The second kappa shape index (κ2) is 11.1. The maximum absolute atomic E-state index is 13.2. The van der Waals surface area contributed by atoms with Gasteiger partial charge >= 0.3 is 0 Å². The van der Waals surface area contributed by atoms with Crippen LogP contribution < -0.4 is 14.8 Å². The number of aryl methyl sites for hydroxylation is 1. The summed E-state index contributed by atoms with van der Waals surface area (Å²) in [5.74, 6) is -0.792. The molecule has 0 radical (unpaired) electrons. The molecule has 2 aromatic carbocycles. The third-order valence-corrected chi connectivity index (χ3v) is 6.67. The highest BCUT2D eigenvalue weighted by Gasteiger charge is 2.40. The van der Waals surface area contributed by atoms with E-state index in [0.29, 0.717) is 24.2 Å². The highest BCUT2D eigenvalue weighted by Crippen LogP contribution is 2.39. The fraction of sp³-hybridized carbons (Fsp3) is 0.407. The molecule has 0 aromatic heterocycles. The maximum atomic E-state index is 13.2. The van der Waals surface area contributed by atoms with Crippen LogP contribution in [-0.2, 0) is 25.2 Å². The number of nitrogens with one attached hydrogen (secondary N) is 2. The molecule has 1 aliphatic heterocycles. The molecular weight excluding hydrogens is 464 g/mol. The lowest BCUT2D eigenvalue weighted by Gasteiger charge is -2.37. The largest absolute Gasteiger partial charge is 0.494 e. The lowest BCUT2D eigenvalue weighted by atomic mass is 9.78. The molecule has 2 amide bonds. The number of carbonyl (C=O) groups is 2. The Balaban J connectivity index is 1.90. The first kappa shape index (κ1) is 26.5. The van der Waals surface area contributed by atoms with E-state index in [-0.39, 0.29) is 5.57 Å². The van der Waals surface area contributed by atoms with Crippen molar-refractivity contribution in [2.45, 2.75) is 58.4 Å². The first-order chi connectivity index (χ1) is 16.5. The van der Waals surface area contributed by atoms with E-state index in [1.807, 2.05) is 67.1 Å². The Labute approximate surface area is 208 Å². The van der Waals surface area contributed by atoms with Crippen molar-refractivity contribution < 1.29 is 22.7 Å². The molecule has 0 saturated carbocycles. The second-order valence-corrected chi connectivity index (χ2v) is 11.1. The number of rotatable bonds is 10. The predicted molar refractivity (Wildman–Crippen MR) is 137 cm³/mol. The topological polar surface area (TPSA) is 102 Å². The van der Waals surface area contributed by atoms with E-state index in [1.165, 1.54) is 12.8 Å². The lowest BCUT2D eigenvalue weighted by molar-refractivity contribution is -0.124. The zero-order valence-corrected chi connectivity index (χ0v) is 21.6. The van der Waals surface area contributed by atoms with Crippen molar-refractivity contribution in [2.24, 2.45) is 0 Å². The van der Waals surface area contributed by atoms with Crippen molar-refractivity contribution in [3.8, 4) is 5.75 Å². The molecule has 0 fully saturated rings. The summed E-state index contributed by atoms with van der Waals surface area (Å²) in [5, 5.41) is 2.93. The van der Waals surface area contributed by atoms with Gasteiger partial charge in [0.2, 0.25) is 10.0 Å². The van der Waals surface area contributed by atoms with Crippen molar-refractivity contribution >= 4 is 27.4 Å². The summed E-state index contributed by atoms with van der Waals surface area (Å²) in [6.45, 7) is 6.67. The zero-order chi connectivity index (χ0) is 25.6. The molecule has 1 atom stereocenters. The molecule has 0 bridgehead atoms. The average molecular weight is 499 g/mol. The maximum Gasteiger partial charge on any atom is 0.270 e. The Kier molecular flexibility index (Phi) is 8.38. The van der Waals surface area contributed by atoms with Crippen molar-refractivity contribution in [3.05, 3.63) is 70.8 Å². The van der Waals surface area contributed by atoms with Gasteiger partial charge in [0.25, 0.3) is 11.8 Å². The fourth-order valence-corrected chi connectivity index (χ4v) is 4.65. The van der Waals surface area contributed by atoms with Gasteiger partial charge in [0.1, 0.15) is 11.3 Å². The first-order valence-corrected chi connectivity index (χ1v) is 13.8. The monoisotopic (exact) mass is 498 g/mol. The molecule has 7 nitrogen and oxygen atoms in total. The van der Waals surface area contributed by atoms with Gasteiger partial charge in [-0.15, -0.1) is 0 Å². The zero-order valence-electron chi connectivity index (χ0n) is 20.8. The Hall–Kier alpha value is -3.13. The Morgan fingerprint density at radius 3 is 2.31 bits per heavy atom. The average Bonchev–Trinajstić information content (AvgIpc) is 2.78. The van der Waals surface area contributed by atoms with Gasteiger partial charge in [0.15, 0.2) is 0 Å². The number of hydrogen-bond donors (Lipinski definition) is 2. The smallest absolute Gasteiger partial charge is 0.270 e. The minimum atomic E-state index is -3.83. The van der Waals surface area contributed by atoms with Crippen LogP contribution in [0.5, 0.6) is 5.75 Å². The number of hydrogen-bond acceptors (Lipinski definition) is 5. The number of ether oxygens (including phenoxy) is 1. The molecule has 0 saturated heterocycles. The van der Waals surface area contributed by atoms with Crippen LogP contribution >= 0.6 is 0 Å². The summed E-state index contributed by atoms with van der Waals surface area (Å²) in [6, 6.07) is 15.1. The quantitative estimate of drug-likeness (QED) is 0.377. The molecule has 188 valence electrons. The minimum absolute atomic E-state index is 0.191. The minimum Gasteiger partial charge on any atom is -0.494 e. The SMILES string of the molecule is CCCCCCOc1ccc([C@]2(C)CC(c3ccc(C)cc3)=C(C(=O)NS(C)(=O)=O)C(=O)N2)cc1. The van der Waals surface area contributed by atoms with Crippen molar-refractivity contribution in [2.75, 3.05) is 12.9 Å². The summed E-state index contributed by atoms with van der Waals surface area (Å²) >= 11 is 0. The van der Waals surface area contributed by atoms with Gasteiger partial charge in [-0.05, 0) is 49.1 Å². The molecule has 3 rings (SSSR count). The van der Waals surface area contributed by atoms with Crippen LogP contribution in [-0.4, -0.2) is 33.1 Å². The van der Waals surface area contributed by atoms with Gasteiger partial charge in [-0.1, -0.05) is 68.1 Å². The second-order valence-electron chi connectivity index (χ2n) is 9.32. The number of benzene rings is 2. The van der Waals surface area contributed by atoms with Gasteiger partial charge in [0, 0.05) is 6.42 Å². The highest BCUT2D eigenvalue weighted by atomic mass is 32.2. The van der Waals surface area contributed by atoms with E-state index in [4.69, 9.17) is 4.74 Å². The number of sulfonamides is 1. The first-order valence-electron chi connectivity index (χ1n) is 11.9. The third kappa shape index (κ3) is 6.94. The summed E-state index contributed by atoms with van der Waals surface area (Å²) in [4.78, 5) is 26.0. The molecule has 2 N–H and O–H groups in total. The van der Waals surface area contributed by atoms with E-state index < -0.39 is 27.4 Å². The molecule has 35 heavy (non-hydrogen) atoms. The van der Waals surface area contributed by atoms with Gasteiger partial charge < -0.3 is 10.1 Å². The van der Waals surface area contributed by atoms with Crippen molar-refractivity contribution in [1.82, 2.24) is 10.0 Å². The van der Waals surface area contributed by atoms with Gasteiger partial charge in [-0.2, -0.15) is 0 Å². The summed E-state index contributed by atoms with van der Waals surface area (Å²) in [7, 11) is -3.83. The summed E-state index contributed by atoms with van der Waals surface area (Å²) in [5.41, 5.74) is 2.09. The van der Waals surface area contributed by atoms with Gasteiger partial charge in [0.05, 0.1) is 18.4 Å². The highest BCUT2D eigenvalue weighted by molar-refractivity contribution is 7.89. The van der Waals surface area contributed by atoms with Crippen molar-refractivity contribution in [1.29, 1.82) is 0 Å². The van der Waals surface area contributed by atoms with Crippen LogP contribution in [0.2, 0.25) is 0 Å². The van der Waals surface area contributed by atoms with E-state index in [9.17, 15) is 18.0 Å². The van der Waals surface area contributed by atoms with Gasteiger partial charge in [-0.25, -0.2) is 13.1 Å². The summed E-state index contributed by atoms with van der Waals surface area (Å²) < 4.78 is 31.2. The molecule has 0 unspecified atom stereocenters. The van der Waals surface area contributed by atoms with Crippen LogP contribution in [0.15, 0.2) is 54.1 Å². The molecular formula is C27H34N2O5S. The number of unbranched alkanes of at least 4 members (excludes halogenated alkanes) is 3. The Bertz CT molecular complexity index is 1200. The van der Waals surface area contributed by atoms with E-state index >= 15 is 0 Å². The molecule has 8 heteroatoms. The standard InChI is InChI=1S/C27H34N2O5S/c1-5-6-7-8-17-34-22-15-13-21(14-16-22)27(3)18-23(20-11-9-19(2)10-12-20)24(25(30)28-27)26(31)29-35(4,32)33/h9-16H,5-8,17-18H2,1-4H3,(H,28,30)(H,29,31)/t27-/m0/s1. The number of amides is 2. The van der Waals surface area contributed by atoms with Crippen molar-refractivity contribution in [3.63, 3.8) is 0 Å². The fourth-order valence-electron chi connectivity index (χ4n) is 4.21. The predicted octanol–water partition coefficient (Wildman–Crippen LogP) is 4.22. The molecule has 1 heterocycles.